The second-order valence-corrected chi connectivity index (χ2v) is 30.1. The second-order valence-electron chi connectivity index (χ2n) is 30.1. The molecule has 9 heteroatoms. The molecule has 0 bridgehead atoms. The highest BCUT2D eigenvalue weighted by atomic mass is 16.5. The van der Waals surface area contributed by atoms with Gasteiger partial charge in [-0.1, -0.05) is 228 Å². The monoisotopic (exact) mass is 1270 g/mol. The van der Waals surface area contributed by atoms with Gasteiger partial charge in [0.1, 0.15) is 24.0 Å². The quantitative estimate of drug-likeness (QED) is 0.126. The lowest BCUT2D eigenvalue weighted by Gasteiger charge is -2.34. The first-order chi connectivity index (χ1) is 46.5. The maximum Gasteiger partial charge on any atom is 0.182 e. The van der Waals surface area contributed by atoms with E-state index in [1.165, 1.54) is 38.9 Å². The lowest BCUT2D eigenvalue weighted by Crippen LogP contribution is -2.26. The van der Waals surface area contributed by atoms with Gasteiger partial charge >= 0.3 is 0 Å². The summed E-state index contributed by atoms with van der Waals surface area (Å²) in [5, 5.41) is 8.87. The van der Waals surface area contributed by atoms with Crippen molar-refractivity contribution >= 4 is 70.1 Å². The molecule has 0 saturated carbocycles. The standard InChI is InChI=1S/C88H88B2N6O/c1-84(2,3)63-39-42-77-72(53-63)69-41-40-67(58-80(69)96(77)81-56-64(43-50-93-81)88(13,61-29-16-14-17-30-61)62-31-18-15-19-32-62)97-68-52-60(82-73(86(7,8)9)54-65(85(4,5)6)55-74(82)87(10,11)12)51-66(57-68)94-59-95(79-38-21-20-37-78(79)94)83-70(75-35-27-48-91-46-24-22-44-89-75)33-26-34-71(83)76-36-28-49-92-47-25-23-45-90-76/h14-58,91-92H,59H2,1-13H3/b44-22-,45-23-,46-24-,47-25-,48-27-,49-28-,75-35-,76-36-. The van der Waals surface area contributed by atoms with E-state index in [0.29, 0.717) is 6.67 Å². The third kappa shape index (κ3) is 13.3. The normalized spacial score (nSPS) is 17.6. The Morgan fingerprint density at radius 2 is 0.990 bits per heavy atom. The average molecular weight is 1270 g/mol. The van der Waals surface area contributed by atoms with E-state index < -0.39 is 5.41 Å². The van der Waals surface area contributed by atoms with Crippen LogP contribution in [0.3, 0.4) is 0 Å². The van der Waals surface area contributed by atoms with Gasteiger partial charge in [0.2, 0.25) is 0 Å². The second kappa shape index (κ2) is 26.4. The first-order valence-electron chi connectivity index (χ1n) is 34.1. The van der Waals surface area contributed by atoms with Crippen LogP contribution in [0.2, 0.25) is 0 Å². The van der Waals surface area contributed by atoms with Crippen LogP contribution < -0.4 is 25.2 Å². The van der Waals surface area contributed by atoms with Crippen molar-refractivity contribution in [1.82, 2.24) is 20.2 Å². The summed E-state index contributed by atoms with van der Waals surface area (Å²) in [7, 11) is 4.42. The molecule has 7 nitrogen and oxygen atoms in total. The number of benzene rings is 8. The van der Waals surface area contributed by atoms with Crippen LogP contribution >= 0.6 is 0 Å². The van der Waals surface area contributed by atoms with E-state index in [0.717, 1.165) is 95.1 Å². The fraction of sp³-hybridized carbons (Fsp3) is 0.216. The van der Waals surface area contributed by atoms with Crippen molar-refractivity contribution < 1.29 is 4.74 Å². The summed E-state index contributed by atoms with van der Waals surface area (Å²) in [5.41, 5.74) is 20.7. The van der Waals surface area contributed by atoms with Crippen LogP contribution in [-0.2, 0) is 27.1 Å². The Balaban J connectivity index is 1.02. The van der Waals surface area contributed by atoms with E-state index in [1.807, 2.05) is 43.1 Å². The van der Waals surface area contributed by atoms with Gasteiger partial charge in [-0.15, -0.1) is 12.0 Å². The molecule has 482 valence electrons. The topological polar surface area (TPSA) is 57.6 Å². The number of aromatic nitrogens is 2. The lowest BCUT2D eigenvalue weighted by atomic mass is 9.63. The molecule has 0 saturated heterocycles. The number of ether oxygens (including phenoxy) is 1. The summed E-state index contributed by atoms with van der Waals surface area (Å²) in [6.07, 6.45) is 26.5. The summed E-state index contributed by atoms with van der Waals surface area (Å²) in [4.78, 5) is 10.3. The predicted octanol–water partition coefficient (Wildman–Crippen LogP) is 21.8. The van der Waals surface area contributed by atoms with E-state index in [1.54, 1.807) is 0 Å². The highest BCUT2D eigenvalue weighted by Gasteiger charge is 2.36. The molecule has 2 aromatic heterocycles. The molecule has 10 aromatic rings. The molecule has 0 unspecified atom stereocenters. The zero-order chi connectivity index (χ0) is 67.9. The van der Waals surface area contributed by atoms with Crippen molar-refractivity contribution in [3.8, 4) is 28.4 Å². The Kier molecular flexibility index (Phi) is 17.8. The molecule has 2 N–H and O–H groups in total. The number of pyridine rings is 1. The summed E-state index contributed by atoms with van der Waals surface area (Å²) in [6, 6.07) is 67.3. The summed E-state index contributed by atoms with van der Waals surface area (Å²) >= 11 is 0. The largest absolute Gasteiger partial charge is 0.457 e. The van der Waals surface area contributed by atoms with Crippen molar-refractivity contribution in [2.45, 2.75) is 117 Å². The fourth-order valence-corrected chi connectivity index (χ4v) is 13.9. The van der Waals surface area contributed by atoms with E-state index in [2.05, 4.69) is 360 Å². The molecular weight excluding hydrogens is 1180 g/mol. The maximum absolute atomic E-state index is 7.57. The molecule has 3 aliphatic heterocycles. The van der Waals surface area contributed by atoms with Crippen LogP contribution in [-0.4, -0.2) is 30.8 Å². The number of anilines is 4. The average Bonchev–Trinajstić information content (AvgIpc) is 1.67. The number of hydrogen-bond donors (Lipinski definition) is 2. The minimum Gasteiger partial charge on any atom is -0.457 e. The zero-order valence-corrected chi connectivity index (χ0v) is 58.5. The van der Waals surface area contributed by atoms with Crippen LogP contribution in [0.25, 0.3) is 49.7 Å². The summed E-state index contributed by atoms with van der Waals surface area (Å²) in [6.45, 7) is 30.9. The van der Waals surface area contributed by atoms with Gasteiger partial charge in [-0.05, 0) is 175 Å². The minimum absolute atomic E-state index is 0.0752. The Labute approximate surface area is 577 Å². The number of fused-ring (bicyclic) bond motifs is 4. The van der Waals surface area contributed by atoms with Gasteiger partial charge in [0.25, 0.3) is 0 Å². The highest BCUT2D eigenvalue weighted by Crippen LogP contribution is 2.52. The van der Waals surface area contributed by atoms with Gasteiger partial charge < -0.3 is 25.2 Å². The molecule has 0 atom stereocenters. The number of nitrogens with zero attached hydrogens (tertiary/aromatic N) is 4. The molecule has 0 amide bonds. The van der Waals surface area contributed by atoms with E-state index in [9.17, 15) is 0 Å². The van der Waals surface area contributed by atoms with Gasteiger partial charge in [-0.25, -0.2) is 4.98 Å². The van der Waals surface area contributed by atoms with Gasteiger partial charge in [-0.3, -0.25) is 4.57 Å². The van der Waals surface area contributed by atoms with Crippen molar-refractivity contribution in [1.29, 1.82) is 0 Å². The molecule has 5 heterocycles. The smallest absolute Gasteiger partial charge is 0.182 e. The zero-order valence-electron chi connectivity index (χ0n) is 58.5. The van der Waals surface area contributed by atoms with Crippen LogP contribution in [0.1, 0.15) is 140 Å². The van der Waals surface area contributed by atoms with E-state index in [4.69, 9.17) is 9.72 Å². The first-order valence-corrected chi connectivity index (χ1v) is 34.1. The molecule has 97 heavy (non-hydrogen) atoms. The third-order valence-corrected chi connectivity index (χ3v) is 19.2. The SMILES string of the molecule is CC(C)(C)c1cc(C(C)(C)C)c(-c2cc(Oc3ccc4c5cc(C(C)(C)C)ccc5n(-c5cc(C(C)(c6ccccc6)c6ccccc6)ccn5)c4c3)cc(N3CN(c4c(/C5=C/C=C\N/C=C\C=C/[B]5)cccc4/C4=C/C=C\N/C=C\C=C/[B]4)c4ccccc43)c2)c(C(C)(C)C)c1. The molecule has 3 aliphatic rings. The molecule has 8 aromatic carbocycles. The number of nitrogens with one attached hydrogen (secondary N) is 2. The Bertz CT molecular complexity index is 4730. The van der Waals surface area contributed by atoms with E-state index >= 15 is 0 Å². The van der Waals surface area contributed by atoms with Gasteiger partial charge in [0.05, 0.1) is 28.1 Å². The maximum atomic E-state index is 7.57. The van der Waals surface area contributed by atoms with Crippen LogP contribution in [0.4, 0.5) is 22.7 Å². The molecule has 0 spiro atoms. The molecular formula is C88H88B2N6O. The Morgan fingerprint density at radius 1 is 0.423 bits per heavy atom. The third-order valence-electron chi connectivity index (χ3n) is 19.2. The van der Waals surface area contributed by atoms with Crippen LogP contribution in [0.5, 0.6) is 11.5 Å². The lowest BCUT2D eigenvalue weighted by molar-refractivity contribution is 0.483. The van der Waals surface area contributed by atoms with E-state index in [-0.39, 0.29) is 21.7 Å². The summed E-state index contributed by atoms with van der Waals surface area (Å²) < 4.78 is 9.92. The number of hydrogen-bond acceptors (Lipinski definition) is 6. The number of rotatable bonds is 11. The molecule has 0 fully saturated rings. The number of allylic oxidation sites excluding steroid dienone is 8. The predicted molar refractivity (Wildman–Crippen MR) is 414 cm³/mol. The highest BCUT2D eigenvalue weighted by molar-refractivity contribution is 6.67. The minimum atomic E-state index is -0.482. The first kappa shape index (κ1) is 65.4. The van der Waals surface area contributed by atoms with Crippen LogP contribution in [0, 0.1) is 0 Å². The van der Waals surface area contributed by atoms with Crippen molar-refractivity contribution in [3.63, 3.8) is 0 Å². The fourth-order valence-electron chi connectivity index (χ4n) is 13.9. The molecule has 13 rings (SSSR count). The Hall–Kier alpha value is -10.2. The van der Waals surface area contributed by atoms with Crippen LogP contribution in [0.15, 0.2) is 274 Å². The molecule has 0 aliphatic carbocycles. The summed E-state index contributed by atoms with van der Waals surface area (Å²) in [5.74, 6) is 6.51. The molecule has 2 radical (unpaired) electrons. The van der Waals surface area contributed by atoms with Gasteiger partial charge in [0, 0.05) is 65.0 Å². The van der Waals surface area contributed by atoms with Crippen molar-refractivity contribution in [3.05, 3.63) is 324 Å². The van der Waals surface area contributed by atoms with Gasteiger partial charge in [-0.2, -0.15) is 0 Å². The van der Waals surface area contributed by atoms with Crippen molar-refractivity contribution in [2.75, 3.05) is 16.5 Å². The Morgan fingerprint density at radius 3 is 1.57 bits per heavy atom. The number of para-hydroxylation sites is 3. The van der Waals surface area contributed by atoms with Crippen molar-refractivity contribution in [2.24, 2.45) is 0 Å². The van der Waals surface area contributed by atoms with Gasteiger partial charge in [0.15, 0.2) is 14.6 Å².